The fraction of sp³-hybridized carbons (Fsp3) is 0.235. The molecule has 110 valence electrons. The van der Waals surface area contributed by atoms with E-state index in [4.69, 9.17) is 9.47 Å². The summed E-state index contributed by atoms with van der Waals surface area (Å²) in [6.07, 6.45) is 0. The summed E-state index contributed by atoms with van der Waals surface area (Å²) in [5, 5.41) is 1.05. The number of carbonyl (C=O) groups is 1. The fourth-order valence-corrected chi connectivity index (χ4v) is 3.27. The van der Waals surface area contributed by atoms with Gasteiger partial charge in [-0.25, -0.2) is 0 Å². The molecule has 0 heterocycles. The third kappa shape index (κ3) is 4.14. The minimum Gasteiger partial charge on any atom is -0.496 e. The Hall–Kier alpha value is -1.26. The SMILES string of the molecule is COc1cccc(OC)c1C(=O)Pc1ccc(C)cc1C.[Li+]. The van der Waals surface area contributed by atoms with Gasteiger partial charge in [-0.15, -0.1) is 0 Å². The number of methoxy groups -OCH3 is 2. The van der Waals surface area contributed by atoms with Crippen molar-refractivity contribution in [1.29, 1.82) is 0 Å². The van der Waals surface area contributed by atoms with Crippen molar-refractivity contribution < 1.29 is 33.1 Å². The maximum absolute atomic E-state index is 12.7. The van der Waals surface area contributed by atoms with Gasteiger partial charge in [-0.05, 0) is 45.4 Å². The van der Waals surface area contributed by atoms with Crippen LogP contribution in [0.1, 0.15) is 21.5 Å². The Morgan fingerprint density at radius 3 is 2.09 bits per heavy atom. The molecule has 1 atom stereocenters. The fourth-order valence-electron chi connectivity index (χ4n) is 2.21. The van der Waals surface area contributed by atoms with Crippen LogP contribution in [0.5, 0.6) is 11.5 Å². The van der Waals surface area contributed by atoms with Crippen molar-refractivity contribution in [2.45, 2.75) is 13.8 Å². The summed E-state index contributed by atoms with van der Waals surface area (Å²) in [5.74, 6) is 1.10. The predicted molar refractivity (Wildman–Crippen MR) is 87.7 cm³/mol. The maximum atomic E-state index is 12.7. The van der Waals surface area contributed by atoms with Crippen LogP contribution in [0.4, 0.5) is 0 Å². The predicted octanol–water partition coefficient (Wildman–Crippen LogP) is 0.469. The summed E-state index contributed by atoms with van der Waals surface area (Å²) in [4.78, 5) is 12.7. The van der Waals surface area contributed by atoms with Gasteiger partial charge in [-0.1, -0.05) is 29.8 Å². The van der Waals surface area contributed by atoms with Gasteiger partial charge in [0.15, 0.2) is 5.52 Å². The molecule has 5 heteroatoms. The zero-order chi connectivity index (χ0) is 15.4. The molecule has 1 unspecified atom stereocenters. The molecule has 0 spiro atoms. The van der Waals surface area contributed by atoms with Gasteiger partial charge in [0.05, 0.1) is 14.2 Å². The maximum Gasteiger partial charge on any atom is 1.00 e. The molecule has 2 rings (SSSR count). The monoisotopic (exact) mass is 309 g/mol. The molecule has 2 aromatic carbocycles. The molecule has 0 radical (unpaired) electrons. The molecule has 0 aliphatic heterocycles. The van der Waals surface area contributed by atoms with E-state index in [2.05, 4.69) is 6.07 Å². The molecule has 22 heavy (non-hydrogen) atoms. The van der Waals surface area contributed by atoms with Crippen LogP contribution in [0.25, 0.3) is 0 Å². The first-order valence-corrected chi connectivity index (χ1v) is 7.66. The second kappa shape index (κ2) is 8.39. The number of hydrogen-bond acceptors (Lipinski definition) is 3. The van der Waals surface area contributed by atoms with Crippen LogP contribution < -0.4 is 33.6 Å². The van der Waals surface area contributed by atoms with Crippen molar-refractivity contribution in [2.75, 3.05) is 14.2 Å². The minimum atomic E-state index is 0. The molecule has 0 aliphatic rings. The van der Waals surface area contributed by atoms with Crippen molar-refractivity contribution in [2.24, 2.45) is 0 Å². The first-order chi connectivity index (χ1) is 10.1. The molecule has 0 N–H and O–H groups in total. The van der Waals surface area contributed by atoms with Gasteiger partial charge in [-0.2, -0.15) is 0 Å². The smallest absolute Gasteiger partial charge is 0.496 e. The number of ether oxygens (including phenoxy) is 2. The quantitative estimate of drug-likeness (QED) is 0.595. The minimum absolute atomic E-state index is 0. The van der Waals surface area contributed by atoms with Gasteiger partial charge in [0.1, 0.15) is 17.1 Å². The van der Waals surface area contributed by atoms with Gasteiger partial charge in [-0.3, -0.25) is 4.79 Å². The number of carbonyl (C=O) groups excluding carboxylic acids is 1. The third-order valence-electron chi connectivity index (χ3n) is 3.28. The van der Waals surface area contributed by atoms with Crippen molar-refractivity contribution in [1.82, 2.24) is 0 Å². The summed E-state index contributed by atoms with van der Waals surface area (Å²) >= 11 is 0. The van der Waals surface area contributed by atoms with Gasteiger partial charge in [0.25, 0.3) is 0 Å². The van der Waals surface area contributed by atoms with Crippen LogP contribution in [0, 0.1) is 13.8 Å². The van der Waals surface area contributed by atoms with Crippen LogP contribution in [0.3, 0.4) is 0 Å². The molecule has 0 saturated carbocycles. The van der Waals surface area contributed by atoms with E-state index < -0.39 is 0 Å². The molecular formula is C17H19LiO3P+. The molecular weight excluding hydrogens is 290 g/mol. The first-order valence-electron chi connectivity index (χ1n) is 6.66. The zero-order valence-electron chi connectivity index (χ0n) is 13.7. The van der Waals surface area contributed by atoms with E-state index in [1.54, 1.807) is 26.4 Å². The van der Waals surface area contributed by atoms with Crippen molar-refractivity contribution in [3.63, 3.8) is 0 Å². The van der Waals surface area contributed by atoms with E-state index in [1.165, 1.54) is 5.56 Å². The molecule has 0 aromatic heterocycles. The Labute approximate surface area is 145 Å². The second-order valence-electron chi connectivity index (χ2n) is 4.81. The standard InChI is InChI=1S/C17H19O3P.Li/c1-11-8-9-15(12(2)10-11)21-17(18)16-13(19-3)6-5-7-14(16)20-4;/h5-10,21H,1-4H3;/q;+1. The Morgan fingerprint density at radius 1 is 1.00 bits per heavy atom. The average Bonchev–Trinajstić information content (AvgIpc) is 2.49. The van der Waals surface area contributed by atoms with E-state index in [1.807, 2.05) is 32.0 Å². The van der Waals surface area contributed by atoms with Gasteiger partial charge < -0.3 is 9.47 Å². The van der Waals surface area contributed by atoms with E-state index >= 15 is 0 Å². The number of aryl methyl sites for hydroxylation is 2. The first kappa shape index (κ1) is 18.8. The van der Waals surface area contributed by atoms with E-state index in [0.717, 1.165) is 10.9 Å². The van der Waals surface area contributed by atoms with E-state index in [9.17, 15) is 4.79 Å². The number of benzene rings is 2. The van der Waals surface area contributed by atoms with Crippen LogP contribution in [-0.4, -0.2) is 19.7 Å². The average molecular weight is 309 g/mol. The summed E-state index contributed by atoms with van der Waals surface area (Å²) in [6.45, 7) is 4.08. The topological polar surface area (TPSA) is 35.5 Å². The number of hydrogen-bond donors (Lipinski definition) is 0. The normalized spacial score (nSPS) is 10.4. The number of rotatable bonds is 5. The van der Waals surface area contributed by atoms with Crippen LogP contribution >= 0.6 is 8.58 Å². The molecule has 3 nitrogen and oxygen atoms in total. The second-order valence-corrected chi connectivity index (χ2v) is 6.05. The molecule has 0 fully saturated rings. The molecule has 0 saturated heterocycles. The van der Waals surface area contributed by atoms with Gasteiger partial charge in [0, 0.05) is 0 Å². The summed E-state index contributed by atoms with van der Waals surface area (Å²) < 4.78 is 10.6. The summed E-state index contributed by atoms with van der Waals surface area (Å²) in [5.41, 5.74) is 2.87. The summed E-state index contributed by atoms with van der Waals surface area (Å²) in [6, 6.07) is 11.5. The van der Waals surface area contributed by atoms with Crippen molar-refractivity contribution >= 4 is 19.4 Å². The van der Waals surface area contributed by atoms with Crippen LogP contribution in [0.2, 0.25) is 0 Å². The van der Waals surface area contributed by atoms with Crippen molar-refractivity contribution in [3.05, 3.63) is 53.1 Å². The Kier molecular flexibility index (Phi) is 7.17. The Balaban J connectivity index is 0.00000242. The molecule has 0 amide bonds. The Morgan fingerprint density at radius 2 is 1.59 bits per heavy atom. The third-order valence-corrected chi connectivity index (χ3v) is 4.59. The summed E-state index contributed by atoms with van der Waals surface area (Å²) in [7, 11) is 3.17. The molecule has 2 aromatic rings. The van der Waals surface area contributed by atoms with Gasteiger partial charge in [0.2, 0.25) is 0 Å². The molecule has 0 bridgehead atoms. The van der Waals surface area contributed by atoms with E-state index in [0.29, 0.717) is 17.1 Å². The Bertz CT molecular complexity index is 649. The van der Waals surface area contributed by atoms with Crippen LogP contribution in [0.15, 0.2) is 36.4 Å². The van der Waals surface area contributed by atoms with Crippen molar-refractivity contribution in [3.8, 4) is 11.5 Å². The largest absolute Gasteiger partial charge is 1.00 e. The molecule has 0 aliphatic carbocycles. The van der Waals surface area contributed by atoms with Crippen LogP contribution in [-0.2, 0) is 0 Å². The van der Waals surface area contributed by atoms with Gasteiger partial charge >= 0.3 is 18.9 Å². The zero-order valence-corrected chi connectivity index (χ0v) is 14.7. The van der Waals surface area contributed by atoms with E-state index in [-0.39, 0.29) is 33.0 Å².